The molecule has 0 unspecified atom stereocenters. The van der Waals surface area contributed by atoms with Gasteiger partial charge in [-0.15, -0.1) is 0 Å². The normalized spacial score (nSPS) is 13.6. The molecule has 1 heterocycles. The number of hydrogen-bond acceptors (Lipinski definition) is 2. The Kier molecular flexibility index (Phi) is 10.2. The Morgan fingerprint density at radius 2 is 1.24 bits per heavy atom. The van der Waals surface area contributed by atoms with E-state index >= 15 is 0 Å². The smallest absolute Gasteiger partial charge is 0.210 e. The summed E-state index contributed by atoms with van der Waals surface area (Å²) in [4.78, 5) is 22.2. The minimum atomic E-state index is 0.716. The summed E-state index contributed by atoms with van der Waals surface area (Å²) in [6, 6.07) is 27.2. The van der Waals surface area contributed by atoms with E-state index in [0.29, 0.717) is 6.54 Å². The monoisotopic (exact) mass is 442 g/mol. The van der Waals surface area contributed by atoms with Gasteiger partial charge in [0.2, 0.25) is 12.8 Å². The first-order chi connectivity index (χ1) is 16.3. The maximum Gasteiger partial charge on any atom is 0.210 e. The zero-order chi connectivity index (χ0) is 23.1. The molecule has 0 bridgehead atoms. The highest BCUT2D eigenvalue weighted by atomic mass is 16.1. The van der Waals surface area contributed by atoms with Crippen LogP contribution >= 0.6 is 0 Å². The van der Waals surface area contributed by atoms with Gasteiger partial charge in [0.05, 0.1) is 0 Å². The number of carbonyl (C=O) groups excluding carboxylic acids is 2. The van der Waals surface area contributed by atoms with Gasteiger partial charge in [-0.25, -0.2) is 0 Å². The molecule has 0 spiro atoms. The summed E-state index contributed by atoms with van der Waals surface area (Å²) in [5.41, 5.74) is 7.08. The molecule has 3 aromatic rings. The molecule has 2 aliphatic rings. The summed E-state index contributed by atoms with van der Waals surface area (Å²) in [5, 5.41) is 2.62. The minimum absolute atomic E-state index is 0.716. The van der Waals surface area contributed by atoms with Crippen molar-refractivity contribution in [3.63, 3.8) is 0 Å². The van der Waals surface area contributed by atoms with Gasteiger partial charge in [0.1, 0.15) is 0 Å². The topological polar surface area (TPSA) is 49.4 Å². The average molecular weight is 443 g/mol. The van der Waals surface area contributed by atoms with E-state index in [9.17, 15) is 9.59 Å². The summed E-state index contributed by atoms with van der Waals surface area (Å²) in [5.74, 6) is 0. The third kappa shape index (κ3) is 8.23. The molecule has 0 saturated heterocycles. The van der Waals surface area contributed by atoms with Gasteiger partial charge in [-0.1, -0.05) is 78.9 Å². The quantitative estimate of drug-likeness (QED) is 0.458. The van der Waals surface area contributed by atoms with Gasteiger partial charge in [-0.05, 0) is 66.3 Å². The van der Waals surface area contributed by atoms with E-state index in [4.69, 9.17) is 0 Å². The minimum Gasteiger partial charge on any atom is -0.358 e. The number of benzene rings is 3. The van der Waals surface area contributed by atoms with Gasteiger partial charge >= 0.3 is 0 Å². The molecule has 1 N–H and O–H groups in total. The number of rotatable bonds is 5. The first kappa shape index (κ1) is 24.2. The Balaban J connectivity index is 0.000000140. The fraction of sp³-hybridized carbons (Fsp3) is 0.310. The highest BCUT2D eigenvalue weighted by Gasteiger charge is 2.12. The molecule has 0 saturated carbocycles. The van der Waals surface area contributed by atoms with Crippen molar-refractivity contribution >= 4 is 12.8 Å². The molecular formula is C29H34N2O2. The molecule has 0 aromatic heterocycles. The SMILES string of the molecule is O=CN1CCc2ccccc2C1.O=CNCCc1ccccc1.c1ccc2c(c1)CCCC2. The maximum atomic E-state index is 10.5. The van der Waals surface area contributed by atoms with Crippen molar-refractivity contribution in [3.05, 3.63) is 107 Å². The van der Waals surface area contributed by atoms with Crippen LogP contribution in [0.5, 0.6) is 0 Å². The van der Waals surface area contributed by atoms with Crippen molar-refractivity contribution in [2.24, 2.45) is 0 Å². The van der Waals surface area contributed by atoms with E-state index in [0.717, 1.165) is 38.8 Å². The fourth-order valence-electron chi connectivity index (χ4n) is 4.20. The highest BCUT2D eigenvalue weighted by molar-refractivity contribution is 5.49. The van der Waals surface area contributed by atoms with E-state index in [1.165, 1.54) is 42.4 Å². The van der Waals surface area contributed by atoms with E-state index in [1.54, 1.807) is 11.1 Å². The van der Waals surface area contributed by atoms with Crippen LogP contribution in [0, 0.1) is 0 Å². The van der Waals surface area contributed by atoms with Crippen LogP contribution in [0.15, 0.2) is 78.9 Å². The second-order valence-corrected chi connectivity index (χ2v) is 8.38. The van der Waals surface area contributed by atoms with Crippen LogP contribution in [0.3, 0.4) is 0 Å². The summed E-state index contributed by atoms with van der Waals surface area (Å²) in [6.45, 7) is 2.35. The Bertz CT molecular complexity index is 963. The zero-order valence-corrected chi connectivity index (χ0v) is 19.3. The summed E-state index contributed by atoms with van der Waals surface area (Å²) >= 11 is 0. The summed E-state index contributed by atoms with van der Waals surface area (Å²) in [7, 11) is 0. The molecule has 2 amide bonds. The van der Waals surface area contributed by atoms with Crippen LogP contribution in [-0.4, -0.2) is 30.8 Å². The third-order valence-corrected chi connectivity index (χ3v) is 6.05. The Morgan fingerprint density at radius 3 is 1.82 bits per heavy atom. The van der Waals surface area contributed by atoms with Crippen LogP contribution in [0.25, 0.3) is 0 Å². The van der Waals surface area contributed by atoms with Crippen LogP contribution in [0.2, 0.25) is 0 Å². The number of fused-ring (bicyclic) bond motifs is 2. The van der Waals surface area contributed by atoms with Crippen LogP contribution in [0.1, 0.15) is 40.7 Å². The van der Waals surface area contributed by atoms with E-state index in [-0.39, 0.29) is 0 Å². The van der Waals surface area contributed by atoms with Crippen molar-refractivity contribution in [2.75, 3.05) is 13.1 Å². The second kappa shape index (κ2) is 13.9. The Morgan fingerprint density at radius 1 is 0.697 bits per heavy atom. The lowest BCUT2D eigenvalue weighted by Gasteiger charge is -2.24. The van der Waals surface area contributed by atoms with Crippen LogP contribution in [-0.2, 0) is 41.8 Å². The lowest BCUT2D eigenvalue weighted by atomic mass is 9.92. The van der Waals surface area contributed by atoms with Crippen molar-refractivity contribution < 1.29 is 9.59 Å². The van der Waals surface area contributed by atoms with Crippen LogP contribution in [0.4, 0.5) is 0 Å². The predicted molar refractivity (Wildman–Crippen MR) is 134 cm³/mol. The number of carbonyl (C=O) groups is 2. The van der Waals surface area contributed by atoms with Gasteiger partial charge < -0.3 is 10.2 Å². The van der Waals surface area contributed by atoms with E-state index < -0.39 is 0 Å². The van der Waals surface area contributed by atoms with Crippen molar-refractivity contribution in [3.8, 4) is 0 Å². The third-order valence-electron chi connectivity index (χ3n) is 6.05. The number of aryl methyl sites for hydroxylation is 2. The lowest BCUT2D eigenvalue weighted by molar-refractivity contribution is -0.119. The number of nitrogens with zero attached hydrogens (tertiary/aromatic N) is 1. The molecule has 4 heteroatoms. The largest absolute Gasteiger partial charge is 0.358 e. The lowest BCUT2D eigenvalue weighted by Crippen LogP contribution is -2.28. The molecule has 0 radical (unpaired) electrons. The molecular weight excluding hydrogens is 408 g/mol. The second-order valence-electron chi connectivity index (χ2n) is 8.38. The summed E-state index contributed by atoms with van der Waals surface area (Å²) in [6.07, 6.45) is 8.92. The Labute approximate surface area is 197 Å². The average Bonchev–Trinajstić information content (AvgIpc) is 2.90. The standard InChI is InChI=1S/C10H11NO.C10H12.C9H11NO/c12-8-11-6-5-9-3-1-2-4-10(9)7-11;1-2-6-10-8-4-3-7-9(10)5-1;11-8-10-7-6-9-4-2-1-3-5-9/h1-4,8H,5-7H2;1-2,5-6H,3-4,7-8H2;1-5,8H,6-7H2,(H,10,11). The molecule has 172 valence electrons. The number of hydrogen-bond donors (Lipinski definition) is 1. The molecule has 0 fully saturated rings. The Hall–Kier alpha value is -3.40. The molecule has 33 heavy (non-hydrogen) atoms. The van der Waals surface area contributed by atoms with E-state index in [2.05, 4.69) is 47.8 Å². The van der Waals surface area contributed by atoms with Gasteiger partial charge in [0.15, 0.2) is 0 Å². The molecule has 4 nitrogen and oxygen atoms in total. The van der Waals surface area contributed by atoms with E-state index in [1.807, 2.05) is 41.3 Å². The fourth-order valence-corrected chi connectivity index (χ4v) is 4.20. The molecule has 1 aliphatic heterocycles. The van der Waals surface area contributed by atoms with Crippen molar-refractivity contribution in [2.45, 2.75) is 45.1 Å². The first-order valence-corrected chi connectivity index (χ1v) is 11.8. The van der Waals surface area contributed by atoms with Gasteiger partial charge in [0.25, 0.3) is 0 Å². The highest BCUT2D eigenvalue weighted by Crippen LogP contribution is 2.20. The van der Waals surface area contributed by atoms with Gasteiger partial charge in [-0.3, -0.25) is 9.59 Å². The first-order valence-electron chi connectivity index (χ1n) is 11.8. The van der Waals surface area contributed by atoms with Gasteiger partial charge in [-0.2, -0.15) is 0 Å². The number of amides is 2. The molecule has 1 aliphatic carbocycles. The predicted octanol–water partition coefficient (Wildman–Crippen LogP) is 4.74. The summed E-state index contributed by atoms with van der Waals surface area (Å²) < 4.78 is 0. The zero-order valence-electron chi connectivity index (χ0n) is 19.3. The van der Waals surface area contributed by atoms with Gasteiger partial charge in [0, 0.05) is 19.6 Å². The van der Waals surface area contributed by atoms with Crippen molar-refractivity contribution in [1.82, 2.24) is 10.2 Å². The molecule has 3 aromatic carbocycles. The molecule has 0 atom stereocenters. The maximum absolute atomic E-state index is 10.5. The van der Waals surface area contributed by atoms with Crippen molar-refractivity contribution in [1.29, 1.82) is 0 Å². The number of nitrogens with one attached hydrogen (secondary N) is 1. The molecule has 5 rings (SSSR count). The van der Waals surface area contributed by atoms with Crippen LogP contribution < -0.4 is 5.32 Å².